The van der Waals surface area contributed by atoms with E-state index in [0.717, 1.165) is 17.5 Å². The molecular weight excluding hydrogens is 326 g/mol. The van der Waals surface area contributed by atoms with Gasteiger partial charge < -0.3 is 15.5 Å². The van der Waals surface area contributed by atoms with Crippen LogP contribution < -0.4 is 10.6 Å². The zero-order valence-electron chi connectivity index (χ0n) is 15.7. The summed E-state index contributed by atoms with van der Waals surface area (Å²) >= 11 is 0. The fraction of sp³-hybridized carbons (Fsp3) is 0.333. The summed E-state index contributed by atoms with van der Waals surface area (Å²) in [6.45, 7) is 6.53. The minimum Gasteiger partial charge on any atom is -0.334 e. The molecule has 0 aliphatic rings. The SMILES string of the molecule is CCC(C)N(Cc1ccccc1)C(=O)CNC(=O)Nc1cccc(C)c1. The van der Waals surface area contributed by atoms with Crippen molar-refractivity contribution < 1.29 is 9.59 Å². The molecule has 0 saturated carbocycles. The monoisotopic (exact) mass is 353 g/mol. The number of urea groups is 1. The standard InChI is InChI=1S/C21H27N3O2/c1-4-17(3)24(15-18-10-6-5-7-11-18)20(25)14-22-21(26)23-19-12-8-9-16(2)13-19/h5-13,17H,4,14-15H2,1-3H3,(H2,22,23,26). The number of anilines is 1. The van der Waals surface area contributed by atoms with Crippen molar-refractivity contribution in [2.45, 2.75) is 39.8 Å². The Morgan fingerprint density at radius 2 is 1.81 bits per heavy atom. The van der Waals surface area contributed by atoms with E-state index in [1.54, 1.807) is 0 Å². The lowest BCUT2D eigenvalue weighted by Crippen LogP contribution is -2.44. The van der Waals surface area contributed by atoms with Gasteiger partial charge in [0.05, 0.1) is 6.54 Å². The van der Waals surface area contributed by atoms with Crippen LogP contribution >= 0.6 is 0 Å². The van der Waals surface area contributed by atoms with E-state index in [2.05, 4.69) is 10.6 Å². The van der Waals surface area contributed by atoms with Crippen LogP contribution in [-0.4, -0.2) is 29.4 Å². The Morgan fingerprint density at radius 1 is 1.08 bits per heavy atom. The van der Waals surface area contributed by atoms with Crippen molar-refractivity contribution in [1.82, 2.24) is 10.2 Å². The number of carbonyl (C=O) groups is 2. The zero-order valence-corrected chi connectivity index (χ0v) is 15.7. The molecule has 138 valence electrons. The molecule has 0 radical (unpaired) electrons. The van der Waals surface area contributed by atoms with Crippen molar-refractivity contribution in [3.8, 4) is 0 Å². The second-order valence-corrected chi connectivity index (χ2v) is 6.44. The Bertz CT molecular complexity index is 731. The van der Waals surface area contributed by atoms with Crippen molar-refractivity contribution in [3.05, 3.63) is 65.7 Å². The van der Waals surface area contributed by atoms with Gasteiger partial charge in [0.25, 0.3) is 0 Å². The van der Waals surface area contributed by atoms with Gasteiger partial charge >= 0.3 is 6.03 Å². The van der Waals surface area contributed by atoms with Gasteiger partial charge in [-0.3, -0.25) is 4.79 Å². The molecule has 2 rings (SSSR count). The van der Waals surface area contributed by atoms with Crippen LogP contribution in [0, 0.1) is 6.92 Å². The molecule has 2 aromatic carbocycles. The van der Waals surface area contributed by atoms with Crippen LogP contribution in [0.15, 0.2) is 54.6 Å². The van der Waals surface area contributed by atoms with E-state index in [1.807, 2.05) is 80.3 Å². The molecule has 1 unspecified atom stereocenters. The first kappa shape index (κ1) is 19.5. The van der Waals surface area contributed by atoms with Gasteiger partial charge in [0.2, 0.25) is 5.91 Å². The Kier molecular flexibility index (Phi) is 7.21. The number of hydrogen-bond acceptors (Lipinski definition) is 2. The first-order valence-corrected chi connectivity index (χ1v) is 8.94. The number of nitrogens with one attached hydrogen (secondary N) is 2. The second kappa shape index (κ2) is 9.61. The third-order valence-electron chi connectivity index (χ3n) is 4.32. The number of nitrogens with zero attached hydrogens (tertiary/aromatic N) is 1. The molecule has 5 heteroatoms. The molecule has 2 aromatic rings. The highest BCUT2D eigenvalue weighted by Crippen LogP contribution is 2.11. The summed E-state index contributed by atoms with van der Waals surface area (Å²) < 4.78 is 0. The molecule has 0 heterocycles. The van der Waals surface area contributed by atoms with Gasteiger partial charge in [-0.25, -0.2) is 4.79 Å². The van der Waals surface area contributed by atoms with E-state index in [0.29, 0.717) is 12.2 Å². The summed E-state index contributed by atoms with van der Waals surface area (Å²) in [4.78, 5) is 26.5. The Balaban J connectivity index is 1.92. The second-order valence-electron chi connectivity index (χ2n) is 6.44. The summed E-state index contributed by atoms with van der Waals surface area (Å²) in [5, 5.41) is 5.40. The maximum atomic E-state index is 12.6. The molecule has 1 atom stereocenters. The molecular formula is C21H27N3O2. The van der Waals surface area contributed by atoms with Crippen LogP contribution in [0.3, 0.4) is 0 Å². The van der Waals surface area contributed by atoms with E-state index in [9.17, 15) is 9.59 Å². The zero-order chi connectivity index (χ0) is 18.9. The molecule has 0 spiro atoms. The largest absolute Gasteiger partial charge is 0.334 e. The lowest BCUT2D eigenvalue weighted by Gasteiger charge is -2.29. The van der Waals surface area contributed by atoms with Crippen molar-refractivity contribution in [1.29, 1.82) is 0 Å². The van der Waals surface area contributed by atoms with E-state index in [4.69, 9.17) is 0 Å². The maximum Gasteiger partial charge on any atom is 0.319 e. The van der Waals surface area contributed by atoms with Crippen LogP contribution in [0.5, 0.6) is 0 Å². The molecule has 0 aliphatic heterocycles. The minimum absolute atomic E-state index is 0.0329. The first-order chi connectivity index (χ1) is 12.5. The van der Waals surface area contributed by atoms with Crippen molar-refractivity contribution in [2.75, 3.05) is 11.9 Å². The fourth-order valence-electron chi connectivity index (χ4n) is 2.65. The lowest BCUT2D eigenvalue weighted by molar-refractivity contribution is -0.132. The summed E-state index contributed by atoms with van der Waals surface area (Å²) in [6.07, 6.45) is 0.855. The van der Waals surface area contributed by atoms with Crippen molar-refractivity contribution in [3.63, 3.8) is 0 Å². The Labute approximate surface area is 155 Å². The highest BCUT2D eigenvalue weighted by Gasteiger charge is 2.19. The first-order valence-electron chi connectivity index (χ1n) is 8.94. The highest BCUT2D eigenvalue weighted by atomic mass is 16.2. The van der Waals surface area contributed by atoms with Gasteiger partial charge in [-0.1, -0.05) is 49.4 Å². The van der Waals surface area contributed by atoms with Gasteiger partial charge in [-0.15, -0.1) is 0 Å². The smallest absolute Gasteiger partial charge is 0.319 e. The average Bonchev–Trinajstić information content (AvgIpc) is 2.64. The Hall–Kier alpha value is -2.82. The molecule has 0 aliphatic carbocycles. The molecule has 0 fully saturated rings. The number of benzene rings is 2. The van der Waals surface area contributed by atoms with Gasteiger partial charge in [0.1, 0.15) is 0 Å². The molecule has 0 aromatic heterocycles. The topological polar surface area (TPSA) is 61.4 Å². The van der Waals surface area contributed by atoms with E-state index < -0.39 is 0 Å². The van der Waals surface area contributed by atoms with Crippen LogP contribution in [0.2, 0.25) is 0 Å². The summed E-state index contributed by atoms with van der Waals surface area (Å²) in [7, 11) is 0. The molecule has 26 heavy (non-hydrogen) atoms. The van der Waals surface area contributed by atoms with Crippen LogP contribution in [-0.2, 0) is 11.3 Å². The number of aryl methyl sites for hydroxylation is 1. The summed E-state index contributed by atoms with van der Waals surface area (Å²) in [5.41, 5.74) is 2.84. The van der Waals surface area contributed by atoms with Crippen LogP contribution in [0.25, 0.3) is 0 Å². The van der Waals surface area contributed by atoms with Gasteiger partial charge in [0, 0.05) is 18.3 Å². The number of rotatable bonds is 7. The van der Waals surface area contributed by atoms with Gasteiger partial charge in [-0.2, -0.15) is 0 Å². The minimum atomic E-state index is -0.382. The van der Waals surface area contributed by atoms with E-state index in [1.165, 1.54) is 0 Å². The number of carbonyl (C=O) groups excluding carboxylic acids is 2. The molecule has 5 nitrogen and oxygen atoms in total. The van der Waals surface area contributed by atoms with Crippen LogP contribution in [0.4, 0.5) is 10.5 Å². The number of hydrogen-bond donors (Lipinski definition) is 2. The quantitative estimate of drug-likeness (QED) is 0.792. The van der Waals surface area contributed by atoms with E-state index >= 15 is 0 Å². The fourth-order valence-corrected chi connectivity index (χ4v) is 2.65. The summed E-state index contributed by atoms with van der Waals surface area (Å²) in [6, 6.07) is 17.1. The van der Waals surface area contributed by atoms with Crippen LogP contribution in [0.1, 0.15) is 31.4 Å². The van der Waals surface area contributed by atoms with E-state index in [-0.39, 0.29) is 24.5 Å². The predicted molar refractivity (Wildman–Crippen MR) is 105 cm³/mol. The molecule has 3 amide bonds. The van der Waals surface area contributed by atoms with Crippen molar-refractivity contribution >= 4 is 17.6 Å². The third-order valence-corrected chi connectivity index (χ3v) is 4.32. The van der Waals surface area contributed by atoms with Crippen molar-refractivity contribution in [2.24, 2.45) is 0 Å². The number of amides is 3. The third kappa shape index (κ3) is 5.92. The maximum absolute atomic E-state index is 12.6. The normalized spacial score (nSPS) is 11.5. The molecule has 2 N–H and O–H groups in total. The average molecular weight is 353 g/mol. The lowest BCUT2D eigenvalue weighted by atomic mass is 10.1. The highest BCUT2D eigenvalue weighted by molar-refractivity contribution is 5.92. The Morgan fingerprint density at radius 3 is 2.46 bits per heavy atom. The summed E-state index contributed by atoms with van der Waals surface area (Å²) in [5.74, 6) is -0.0948. The van der Waals surface area contributed by atoms with Gasteiger partial charge in [0.15, 0.2) is 0 Å². The molecule has 0 saturated heterocycles. The van der Waals surface area contributed by atoms with Gasteiger partial charge in [-0.05, 0) is 43.5 Å². The molecule has 0 bridgehead atoms. The predicted octanol–water partition coefficient (Wildman–Crippen LogP) is 3.94.